The molecule has 88 valence electrons. The van der Waals surface area contributed by atoms with E-state index in [-0.39, 0.29) is 5.92 Å². The molecule has 1 saturated heterocycles. The van der Waals surface area contributed by atoms with Crippen molar-refractivity contribution < 1.29 is 5.11 Å². The Morgan fingerprint density at radius 2 is 2.44 bits per heavy atom. The maximum atomic E-state index is 10.3. The number of anilines is 1. The predicted molar refractivity (Wildman–Crippen MR) is 63.9 cm³/mol. The molecule has 1 aromatic rings. The molecule has 2 heterocycles. The number of nitrogens with two attached hydrogens (primary N) is 1. The molecule has 1 fully saturated rings. The Bertz CT molecular complexity index is 341. The molecule has 0 bridgehead atoms. The number of aromatic nitrogens is 1. The van der Waals surface area contributed by atoms with Crippen LogP contribution >= 0.6 is 0 Å². The number of pyridine rings is 1. The maximum Gasteiger partial charge on any atom is 0.129 e. The number of nitrogens with one attached hydrogen (secondary N) is 1. The molecular formula is C12H19N3O. The first-order valence-electron chi connectivity index (χ1n) is 5.80. The van der Waals surface area contributed by atoms with E-state index in [1.54, 1.807) is 6.20 Å². The third kappa shape index (κ3) is 2.18. The number of rotatable bonds is 2. The molecule has 0 amide bonds. The molecule has 2 unspecified atom stereocenters. The Hall–Kier alpha value is -1.13. The molecule has 2 rings (SSSR count). The molecule has 0 aromatic carbocycles. The van der Waals surface area contributed by atoms with Crippen LogP contribution in [0.4, 0.5) is 5.82 Å². The zero-order valence-corrected chi connectivity index (χ0v) is 9.61. The topological polar surface area (TPSA) is 71.2 Å². The molecular weight excluding hydrogens is 202 g/mol. The van der Waals surface area contributed by atoms with Gasteiger partial charge in [0.05, 0.1) is 6.10 Å². The minimum atomic E-state index is -0.499. The van der Waals surface area contributed by atoms with Crippen molar-refractivity contribution in [3.8, 4) is 0 Å². The van der Waals surface area contributed by atoms with Crippen LogP contribution in [0.5, 0.6) is 0 Å². The first-order valence-corrected chi connectivity index (χ1v) is 5.80. The van der Waals surface area contributed by atoms with Crippen LogP contribution in [0.2, 0.25) is 0 Å². The van der Waals surface area contributed by atoms with Crippen molar-refractivity contribution in [3.05, 3.63) is 23.4 Å². The second kappa shape index (κ2) is 4.80. The van der Waals surface area contributed by atoms with Gasteiger partial charge in [-0.1, -0.05) is 0 Å². The minimum absolute atomic E-state index is 0.249. The van der Waals surface area contributed by atoms with Gasteiger partial charge in [0, 0.05) is 24.2 Å². The number of nitrogen functional groups attached to an aromatic ring is 1. The Labute approximate surface area is 95.9 Å². The molecule has 4 heteroatoms. The fraction of sp³-hybridized carbons (Fsp3) is 0.583. The Morgan fingerprint density at radius 3 is 3.06 bits per heavy atom. The second-order valence-electron chi connectivity index (χ2n) is 4.48. The normalized spacial score (nSPS) is 23.0. The predicted octanol–water partition coefficient (Wildman–Crippen LogP) is 1.01. The van der Waals surface area contributed by atoms with Crippen LogP contribution in [0.1, 0.15) is 30.1 Å². The summed E-state index contributed by atoms with van der Waals surface area (Å²) in [7, 11) is 0. The van der Waals surface area contributed by atoms with Gasteiger partial charge < -0.3 is 16.2 Å². The Morgan fingerprint density at radius 1 is 1.62 bits per heavy atom. The summed E-state index contributed by atoms with van der Waals surface area (Å²) >= 11 is 0. The number of aryl methyl sites for hydroxylation is 1. The number of hydrogen-bond donors (Lipinski definition) is 3. The van der Waals surface area contributed by atoms with Crippen molar-refractivity contribution in [2.24, 2.45) is 5.92 Å². The number of piperidine rings is 1. The molecule has 0 spiro atoms. The highest BCUT2D eigenvalue weighted by Crippen LogP contribution is 2.31. The summed E-state index contributed by atoms with van der Waals surface area (Å²) in [5, 5.41) is 13.7. The van der Waals surface area contributed by atoms with Crippen LogP contribution in [0.25, 0.3) is 0 Å². The van der Waals surface area contributed by atoms with Gasteiger partial charge in [-0.05, 0) is 37.9 Å². The monoisotopic (exact) mass is 221 g/mol. The van der Waals surface area contributed by atoms with Crippen molar-refractivity contribution in [3.63, 3.8) is 0 Å². The average Bonchev–Trinajstić information content (AvgIpc) is 2.30. The summed E-state index contributed by atoms with van der Waals surface area (Å²) < 4.78 is 0. The van der Waals surface area contributed by atoms with Gasteiger partial charge in [-0.25, -0.2) is 4.98 Å². The van der Waals surface area contributed by atoms with Crippen molar-refractivity contribution in [1.29, 1.82) is 0 Å². The van der Waals surface area contributed by atoms with Gasteiger partial charge in [-0.2, -0.15) is 0 Å². The fourth-order valence-electron chi connectivity index (χ4n) is 2.36. The van der Waals surface area contributed by atoms with E-state index in [2.05, 4.69) is 10.3 Å². The zero-order chi connectivity index (χ0) is 11.5. The molecule has 0 saturated carbocycles. The van der Waals surface area contributed by atoms with Crippen molar-refractivity contribution in [2.45, 2.75) is 25.9 Å². The molecule has 1 aromatic heterocycles. The Balaban J connectivity index is 2.22. The summed E-state index contributed by atoms with van der Waals surface area (Å²) in [6.45, 7) is 3.87. The van der Waals surface area contributed by atoms with E-state index >= 15 is 0 Å². The quantitative estimate of drug-likeness (QED) is 0.697. The van der Waals surface area contributed by atoms with Crippen LogP contribution in [-0.4, -0.2) is 23.2 Å². The molecule has 1 aliphatic rings. The lowest BCUT2D eigenvalue weighted by Crippen LogP contribution is -2.33. The highest BCUT2D eigenvalue weighted by atomic mass is 16.3. The average molecular weight is 221 g/mol. The molecule has 4 nitrogen and oxygen atoms in total. The number of nitrogens with zero attached hydrogens (tertiary/aromatic N) is 1. The van der Waals surface area contributed by atoms with Gasteiger partial charge in [-0.3, -0.25) is 0 Å². The molecule has 1 aliphatic heterocycles. The summed E-state index contributed by atoms with van der Waals surface area (Å²) in [6, 6.07) is 1.89. The summed E-state index contributed by atoms with van der Waals surface area (Å²) in [4.78, 5) is 4.05. The van der Waals surface area contributed by atoms with Crippen molar-refractivity contribution >= 4 is 5.82 Å². The molecule has 16 heavy (non-hydrogen) atoms. The van der Waals surface area contributed by atoms with Gasteiger partial charge in [-0.15, -0.1) is 0 Å². The summed E-state index contributed by atoms with van der Waals surface area (Å²) in [6.07, 6.45) is 3.34. The van der Waals surface area contributed by atoms with Gasteiger partial charge in [0.1, 0.15) is 5.82 Å². The van der Waals surface area contributed by atoms with E-state index in [0.29, 0.717) is 5.82 Å². The lowest BCUT2D eigenvalue weighted by molar-refractivity contribution is 0.0920. The van der Waals surface area contributed by atoms with Crippen LogP contribution < -0.4 is 11.1 Å². The number of hydrogen-bond acceptors (Lipinski definition) is 4. The SMILES string of the molecule is Cc1ccnc(N)c1C(O)C1CCCNC1. The van der Waals surface area contributed by atoms with Crippen LogP contribution in [0, 0.1) is 12.8 Å². The van der Waals surface area contributed by atoms with E-state index in [1.807, 2.05) is 13.0 Å². The lowest BCUT2D eigenvalue weighted by atomic mass is 9.88. The van der Waals surface area contributed by atoms with Gasteiger partial charge in [0.2, 0.25) is 0 Å². The lowest BCUT2D eigenvalue weighted by Gasteiger charge is -2.28. The van der Waals surface area contributed by atoms with E-state index in [1.165, 1.54) is 0 Å². The van der Waals surface area contributed by atoms with Crippen molar-refractivity contribution in [1.82, 2.24) is 10.3 Å². The molecule has 2 atom stereocenters. The fourth-order valence-corrected chi connectivity index (χ4v) is 2.36. The summed E-state index contributed by atoms with van der Waals surface area (Å²) in [5.74, 6) is 0.706. The smallest absolute Gasteiger partial charge is 0.129 e. The third-order valence-corrected chi connectivity index (χ3v) is 3.32. The maximum absolute atomic E-state index is 10.3. The van der Waals surface area contributed by atoms with Crippen LogP contribution in [-0.2, 0) is 0 Å². The second-order valence-corrected chi connectivity index (χ2v) is 4.48. The molecule has 0 aliphatic carbocycles. The number of aliphatic hydroxyl groups is 1. The first kappa shape index (κ1) is 11.4. The van der Waals surface area contributed by atoms with Gasteiger partial charge in [0.25, 0.3) is 0 Å². The van der Waals surface area contributed by atoms with E-state index in [4.69, 9.17) is 5.73 Å². The largest absolute Gasteiger partial charge is 0.388 e. The third-order valence-electron chi connectivity index (χ3n) is 3.32. The first-order chi connectivity index (χ1) is 7.70. The standard InChI is InChI=1S/C12H19N3O/c1-8-4-6-15-12(13)10(8)11(16)9-3-2-5-14-7-9/h4,6,9,11,14,16H,2-3,5,7H2,1H3,(H2,13,15). The highest BCUT2D eigenvalue weighted by Gasteiger charge is 2.25. The van der Waals surface area contributed by atoms with E-state index < -0.39 is 6.10 Å². The van der Waals surface area contributed by atoms with Crippen molar-refractivity contribution in [2.75, 3.05) is 18.8 Å². The highest BCUT2D eigenvalue weighted by molar-refractivity contribution is 5.45. The van der Waals surface area contributed by atoms with Crippen LogP contribution in [0.3, 0.4) is 0 Å². The van der Waals surface area contributed by atoms with Gasteiger partial charge in [0.15, 0.2) is 0 Å². The minimum Gasteiger partial charge on any atom is -0.388 e. The molecule has 0 radical (unpaired) electrons. The van der Waals surface area contributed by atoms with E-state index in [0.717, 1.165) is 37.1 Å². The Kier molecular flexibility index (Phi) is 3.41. The zero-order valence-electron chi connectivity index (χ0n) is 9.61. The molecule has 4 N–H and O–H groups in total. The van der Waals surface area contributed by atoms with Crippen LogP contribution in [0.15, 0.2) is 12.3 Å². The summed E-state index contributed by atoms with van der Waals surface area (Å²) in [5.41, 5.74) is 7.66. The van der Waals surface area contributed by atoms with Gasteiger partial charge >= 0.3 is 0 Å². The van der Waals surface area contributed by atoms with E-state index in [9.17, 15) is 5.11 Å². The number of aliphatic hydroxyl groups excluding tert-OH is 1.